The number of rotatable bonds is 4. The largest absolute Gasteiger partial charge is 0.318 e. The first kappa shape index (κ1) is 9.93. The first-order valence-electron chi connectivity index (χ1n) is 4.57. The van der Waals surface area contributed by atoms with E-state index in [1.807, 2.05) is 24.3 Å². The maximum Gasteiger partial charge on any atom is 0.141 e. The normalized spacial score (nSPS) is 12.5. The molecule has 1 rings (SSSR count). The molecule has 0 fully saturated rings. The van der Waals surface area contributed by atoms with Crippen molar-refractivity contribution >= 4 is 6.29 Å². The number of nitrogens with two attached hydrogens (primary N) is 1. The van der Waals surface area contributed by atoms with Crippen LogP contribution >= 0.6 is 0 Å². The van der Waals surface area contributed by atoms with Crippen LogP contribution < -0.4 is 5.73 Å². The zero-order valence-corrected chi connectivity index (χ0v) is 7.86. The molecule has 1 atom stereocenters. The number of carbonyl (C=O) groups excluding carboxylic acids is 1. The number of aryl methyl sites for hydroxylation is 1. The van der Waals surface area contributed by atoms with Crippen LogP contribution in [-0.2, 0) is 11.2 Å². The molecule has 0 radical (unpaired) electrons. The summed E-state index contributed by atoms with van der Waals surface area (Å²) >= 11 is 0. The summed E-state index contributed by atoms with van der Waals surface area (Å²) in [5, 5.41) is 0. The van der Waals surface area contributed by atoms with Gasteiger partial charge in [0.1, 0.15) is 6.29 Å². The number of carbonyl (C=O) groups is 1. The molecule has 0 saturated heterocycles. The third kappa shape index (κ3) is 2.67. The van der Waals surface area contributed by atoms with Crippen molar-refractivity contribution in [3.05, 3.63) is 35.4 Å². The standard InChI is InChI=1S/C11H15NO/c1-2-3-9-4-6-10(7-5-9)11(12)8-13/h4-8,11H,2-3,12H2,1H3. The van der Waals surface area contributed by atoms with Crippen molar-refractivity contribution in [2.75, 3.05) is 0 Å². The molecule has 1 unspecified atom stereocenters. The molecule has 0 amide bonds. The molecule has 0 aliphatic carbocycles. The highest BCUT2D eigenvalue weighted by molar-refractivity contribution is 5.60. The van der Waals surface area contributed by atoms with Gasteiger partial charge >= 0.3 is 0 Å². The van der Waals surface area contributed by atoms with E-state index in [4.69, 9.17) is 5.73 Å². The molecule has 2 N–H and O–H groups in total. The van der Waals surface area contributed by atoms with Crippen molar-refractivity contribution in [1.29, 1.82) is 0 Å². The fraction of sp³-hybridized carbons (Fsp3) is 0.364. The van der Waals surface area contributed by atoms with Crippen LogP contribution in [0.25, 0.3) is 0 Å². The highest BCUT2D eigenvalue weighted by Gasteiger charge is 2.02. The molecule has 0 saturated carbocycles. The summed E-state index contributed by atoms with van der Waals surface area (Å²) in [6, 6.07) is 7.43. The lowest BCUT2D eigenvalue weighted by atomic mass is 10.0. The van der Waals surface area contributed by atoms with Gasteiger partial charge in [0.15, 0.2) is 0 Å². The van der Waals surface area contributed by atoms with Gasteiger partial charge < -0.3 is 10.5 Å². The molecule has 0 aliphatic heterocycles. The summed E-state index contributed by atoms with van der Waals surface area (Å²) in [5.41, 5.74) is 7.73. The van der Waals surface area contributed by atoms with Crippen LogP contribution in [0.5, 0.6) is 0 Å². The first-order chi connectivity index (χ1) is 6.27. The van der Waals surface area contributed by atoms with Crippen molar-refractivity contribution in [1.82, 2.24) is 0 Å². The van der Waals surface area contributed by atoms with E-state index < -0.39 is 6.04 Å². The fourth-order valence-corrected chi connectivity index (χ4v) is 1.27. The Labute approximate surface area is 78.8 Å². The molecule has 0 heterocycles. The van der Waals surface area contributed by atoms with Crippen LogP contribution in [0.1, 0.15) is 30.5 Å². The Hall–Kier alpha value is -1.15. The maximum atomic E-state index is 10.4. The van der Waals surface area contributed by atoms with E-state index >= 15 is 0 Å². The predicted octanol–water partition coefficient (Wildman–Crippen LogP) is 1.84. The van der Waals surface area contributed by atoms with Crippen molar-refractivity contribution in [3.63, 3.8) is 0 Å². The van der Waals surface area contributed by atoms with Crippen LogP contribution in [0.2, 0.25) is 0 Å². The lowest BCUT2D eigenvalue weighted by molar-refractivity contribution is -0.109. The Kier molecular flexibility index (Phi) is 3.65. The monoisotopic (exact) mass is 177 g/mol. The second-order valence-corrected chi connectivity index (χ2v) is 3.15. The molecule has 13 heavy (non-hydrogen) atoms. The Morgan fingerprint density at radius 1 is 1.38 bits per heavy atom. The molecular formula is C11H15NO. The van der Waals surface area contributed by atoms with Gasteiger partial charge in [-0.2, -0.15) is 0 Å². The van der Waals surface area contributed by atoms with Gasteiger partial charge in [-0.05, 0) is 17.5 Å². The lowest BCUT2D eigenvalue weighted by Crippen LogP contribution is -2.10. The van der Waals surface area contributed by atoms with Gasteiger partial charge in [0, 0.05) is 0 Å². The molecule has 0 aromatic heterocycles. The van der Waals surface area contributed by atoms with Crippen LogP contribution in [0.4, 0.5) is 0 Å². The zero-order chi connectivity index (χ0) is 9.68. The van der Waals surface area contributed by atoms with Crippen LogP contribution in [0, 0.1) is 0 Å². The minimum Gasteiger partial charge on any atom is -0.318 e. The van der Waals surface area contributed by atoms with Crippen molar-refractivity contribution in [3.8, 4) is 0 Å². The first-order valence-corrected chi connectivity index (χ1v) is 4.57. The Morgan fingerprint density at radius 3 is 2.46 bits per heavy atom. The van der Waals surface area contributed by atoms with E-state index in [-0.39, 0.29) is 0 Å². The van der Waals surface area contributed by atoms with Gasteiger partial charge in [-0.15, -0.1) is 0 Å². The lowest BCUT2D eigenvalue weighted by Gasteiger charge is -2.05. The van der Waals surface area contributed by atoms with Gasteiger partial charge in [0.25, 0.3) is 0 Å². The summed E-state index contributed by atoms with van der Waals surface area (Å²) in [6.45, 7) is 2.14. The molecule has 1 aromatic carbocycles. The highest BCUT2D eigenvalue weighted by Crippen LogP contribution is 2.10. The van der Waals surface area contributed by atoms with E-state index in [0.717, 1.165) is 24.7 Å². The Bertz CT molecular complexity index is 266. The molecular weight excluding hydrogens is 162 g/mol. The van der Waals surface area contributed by atoms with E-state index in [9.17, 15) is 4.79 Å². The van der Waals surface area contributed by atoms with Crippen LogP contribution in [0.3, 0.4) is 0 Å². The van der Waals surface area contributed by atoms with Crippen LogP contribution in [0.15, 0.2) is 24.3 Å². The number of hydrogen-bond acceptors (Lipinski definition) is 2. The van der Waals surface area contributed by atoms with Crippen molar-refractivity contribution in [2.24, 2.45) is 5.73 Å². The van der Waals surface area contributed by atoms with E-state index in [0.29, 0.717) is 0 Å². The van der Waals surface area contributed by atoms with Gasteiger partial charge in [-0.3, -0.25) is 0 Å². The average Bonchev–Trinajstić information content (AvgIpc) is 2.18. The minimum absolute atomic E-state index is 0.476. The number of benzene rings is 1. The topological polar surface area (TPSA) is 43.1 Å². The third-order valence-electron chi connectivity index (χ3n) is 2.05. The summed E-state index contributed by atoms with van der Waals surface area (Å²) < 4.78 is 0. The van der Waals surface area contributed by atoms with Crippen molar-refractivity contribution in [2.45, 2.75) is 25.8 Å². The van der Waals surface area contributed by atoms with Gasteiger partial charge in [-0.25, -0.2) is 0 Å². The maximum absolute atomic E-state index is 10.4. The van der Waals surface area contributed by atoms with Crippen molar-refractivity contribution < 1.29 is 4.79 Å². The van der Waals surface area contributed by atoms with Gasteiger partial charge in [0.2, 0.25) is 0 Å². The van der Waals surface area contributed by atoms with Crippen LogP contribution in [-0.4, -0.2) is 6.29 Å². The van der Waals surface area contributed by atoms with E-state index in [1.54, 1.807) is 0 Å². The number of aldehydes is 1. The second kappa shape index (κ2) is 4.77. The summed E-state index contributed by atoms with van der Waals surface area (Å²) in [7, 11) is 0. The summed E-state index contributed by atoms with van der Waals surface area (Å²) in [4.78, 5) is 10.4. The predicted molar refractivity (Wildman–Crippen MR) is 53.4 cm³/mol. The molecule has 0 bridgehead atoms. The Balaban J connectivity index is 2.74. The Morgan fingerprint density at radius 2 is 2.00 bits per heavy atom. The number of hydrogen-bond donors (Lipinski definition) is 1. The molecule has 2 nitrogen and oxygen atoms in total. The minimum atomic E-state index is -0.476. The molecule has 0 aliphatic rings. The smallest absolute Gasteiger partial charge is 0.141 e. The van der Waals surface area contributed by atoms with Gasteiger partial charge in [0.05, 0.1) is 6.04 Å². The quantitative estimate of drug-likeness (QED) is 0.713. The molecule has 2 heteroatoms. The van der Waals surface area contributed by atoms with E-state index in [1.165, 1.54) is 5.56 Å². The molecule has 0 spiro atoms. The second-order valence-electron chi connectivity index (χ2n) is 3.15. The summed E-state index contributed by atoms with van der Waals surface area (Å²) in [5.74, 6) is 0. The molecule has 70 valence electrons. The average molecular weight is 177 g/mol. The summed E-state index contributed by atoms with van der Waals surface area (Å²) in [6.07, 6.45) is 2.98. The molecule has 1 aromatic rings. The third-order valence-corrected chi connectivity index (χ3v) is 2.05. The highest BCUT2D eigenvalue weighted by atomic mass is 16.1. The van der Waals surface area contributed by atoms with Gasteiger partial charge in [-0.1, -0.05) is 37.6 Å². The van der Waals surface area contributed by atoms with E-state index in [2.05, 4.69) is 6.92 Å². The SMILES string of the molecule is CCCc1ccc(C(N)C=O)cc1. The zero-order valence-electron chi connectivity index (χ0n) is 7.86. The fourth-order valence-electron chi connectivity index (χ4n) is 1.27.